The van der Waals surface area contributed by atoms with E-state index in [0.717, 1.165) is 7.05 Å². The predicted molar refractivity (Wildman–Crippen MR) is 204 cm³/mol. The molecule has 2 unspecified atom stereocenters. The summed E-state index contributed by atoms with van der Waals surface area (Å²) in [4.78, 5) is 14.2. The quantitative estimate of drug-likeness (QED) is 0.101. The molecule has 0 spiro atoms. The first-order chi connectivity index (χ1) is 26.4. The molecule has 0 saturated carbocycles. The van der Waals surface area contributed by atoms with Crippen molar-refractivity contribution in [2.75, 3.05) is 33.9 Å². The summed E-state index contributed by atoms with van der Waals surface area (Å²) in [6, 6.07) is -0.671. The van der Waals surface area contributed by atoms with Gasteiger partial charge in [0, 0.05) is 37.3 Å². The smallest absolute Gasteiger partial charge is 0.428 e. The predicted octanol–water partition coefficient (Wildman–Crippen LogP) is 3.57. The van der Waals surface area contributed by atoms with Crippen LogP contribution in [-0.4, -0.2) is 145 Å². The van der Waals surface area contributed by atoms with Crippen molar-refractivity contribution in [3.8, 4) is 0 Å². The molecule has 3 aliphatic heterocycles. The van der Waals surface area contributed by atoms with Crippen LogP contribution in [0.25, 0.3) is 0 Å². The fourth-order valence-corrected chi connectivity index (χ4v) is 8.73. The Hall–Kier alpha value is -1.48. The fraction of sp³-hybridized carbons (Fsp3) is 0.925. The van der Waals surface area contributed by atoms with Crippen LogP contribution in [-0.2, 0) is 38.0 Å². The highest BCUT2D eigenvalue weighted by atomic mass is 19.4. The van der Waals surface area contributed by atoms with Crippen molar-refractivity contribution in [3.63, 3.8) is 0 Å². The number of nitrogens with one attached hydrogen (secondary N) is 2. The lowest BCUT2D eigenvalue weighted by atomic mass is 9.78. The van der Waals surface area contributed by atoms with Crippen molar-refractivity contribution in [1.82, 2.24) is 10.6 Å². The van der Waals surface area contributed by atoms with Gasteiger partial charge in [-0.1, -0.05) is 27.4 Å². The van der Waals surface area contributed by atoms with Gasteiger partial charge in [-0.2, -0.15) is 13.2 Å². The van der Waals surface area contributed by atoms with Gasteiger partial charge in [0.25, 0.3) is 0 Å². The maximum atomic E-state index is 14.2. The highest BCUT2D eigenvalue weighted by Gasteiger charge is 2.51. The molecule has 3 saturated heterocycles. The second-order valence-electron chi connectivity index (χ2n) is 17.3. The van der Waals surface area contributed by atoms with Gasteiger partial charge in [0.15, 0.2) is 12.6 Å². The number of carbonyl (C=O) groups excluding carboxylic acids is 1. The van der Waals surface area contributed by atoms with E-state index in [4.69, 9.17) is 33.2 Å². The Morgan fingerprint density at radius 3 is 2.26 bits per heavy atom. The van der Waals surface area contributed by atoms with E-state index in [1.165, 1.54) is 14.0 Å². The highest BCUT2D eigenvalue weighted by Crippen LogP contribution is 2.41. The van der Waals surface area contributed by atoms with E-state index in [-0.39, 0.29) is 50.1 Å². The Labute approximate surface area is 336 Å². The van der Waals surface area contributed by atoms with E-state index in [1.54, 1.807) is 34.6 Å². The van der Waals surface area contributed by atoms with Crippen LogP contribution in [0.2, 0.25) is 0 Å². The SMILES string of the molecule is C=C1C(=O)O[C@H](CC)[C@@](C)(O)[C@H](O)[C@@H](C)NC[C@H](C)C[C@@](C)(O)[C@H](O[C@@H]2O[C@H](C)CC[C@H]2COC(NC)C(F)(F)F)[C@@H](C)[C@@H]1O[C@H]1C[C@@](C)(OC)C(CO)[C@H](C)O1. The lowest BCUT2D eigenvalue weighted by Crippen LogP contribution is -2.58. The molecule has 0 bridgehead atoms. The van der Waals surface area contributed by atoms with E-state index in [2.05, 4.69) is 17.2 Å². The van der Waals surface area contributed by atoms with Crippen LogP contribution in [0.5, 0.6) is 0 Å². The molecule has 3 heterocycles. The van der Waals surface area contributed by atoms with E-state index < -0.39 is 102 Å². The summed E-state index contributed by atoms with van der Waals surface area (Å²) in [5.41, 5.74) is -4.72. The second kappa shape index (κ2) is 20.4. The summed E-state index contributed by atoms with van der Waals surface area (Å²) in [6.07, 6.45) is -13.8. The van der Waals surface area contributed by atoms with Crippen LogP contribution < -0.4 is 10.6 Å². The summed E-state index contributed by atoms with van der Waals surface area (Å²) in [5.74, 6) is -3.25. The second-order valence-corrected chi connectivity index (χ2v) is 17.3. The van der Waals surface area contributed by atoms with Crippen LogP contribution in [0.1, 0.15) is 94.4 Å². The number of aliphatic hydroxyl groups excluding tert-OH is 2. The van der Waals surface area contributed by atoms with Gasteiger partial charge in [-0.3, -0.25) is 5.32 Å². The van der Waals surface area contributed by atoms with Gasteiger partial charge in [0.1, 0.15) is 17.8 Å². The van der Waals surface area contributed by atoms with Gasteiger partial charge >= 0.3 is 12.1 Å². The molecule has 0 aromatic rings. The number of methoxy groups -OCH3 is 1. The number of halogens is 3. The zero-order chi connectivity index (χ0) is 43.3. The third kappa shape index (κ3) is 12.3. The van der Waals surface area contributed by atoms with Crippen molar-refractivity contribution >= 4 is 5.97 Å². The summed E-state index contributed by atoms with van der Waals surface area (Å²) < 4.78 is 83.9. The van der Waals surface area contributed by atoms with Crippen LogP contribution in [0.3, 0.4) is 0 Å². The molecule has 334 valence electrons. The average molecular weight is 829 g/mol. The van der Waals surface area contributed by atoms with Gasteiger partial charge in [-0.15, -0.1) is 0 Å². The van der Waals surface area contributed by atoms with Gasteiger partial charge in [-0.05, 0) is 86.7 Å². The van der Waals surface area contributed by atoms with Crippen LogP contribution >= 0.6 is 0 Å². The Kier molecular flexibility index (Phi) is 17.8. The number of ether oxygens (including phenoxy) is 7. The molecular weight excluding hydrogens is 757 g/mol. The minimum Gasteiger partial charge on any atom is -0.456 e. The largest absolute Gasteiger partial charge is 0.456 e. The molecule has 0 aromatic carbocycles. The van der Waals surface area contributed by atoms with Gasteiger partial charge in [0.2, 0.25) is 6.23 Å². The maximum absolute atomic E-state index is 14.2. The molecule has 57 heavy (non-hydrogen) atoms. The molecule has 0 radical (unpaired) electrons. The molecule has 3 fully saturated rings. The van der Waals surface area contributed by atoms with E-state index in [1.807, 2.05) is 20.8 Å². The number of cyclic esters (lactones) is 1. The number of carbonyl (C=O) groups is 1. The van der Waals surface area contributed by atoms with Crippen molar-refractivity contribution < 1.29 is 71.5 Å². The van der Waals surface area contributed by atoms with E-state index in [0.29, 0.717) is 19.4 Å². The van der Waals surface area contributed by atoms with Gasteiger partial charge in [-0.25, -0.2) is 4.79 Å². The normalized spacial score (nSPS) is 44.1. The number of aliphatic hydroxyl groups is 4. The number of hydrogen-bond donors (Lipinski definition) is 6. The van der Waals surface area contributed by atoms with Gasteiger partial charge < -0.3 is 58.9 Å². The first-order valence-corrected chi connectivity index (χ1v) is 20.3. The van der Waals surface area contributed by atoms with Crippen LogP contribution in [0.4, 0.5) is 13.2 Å². The lowest BCUT2D eigenvalue weighted by molar-refractivity contribution is -0.304. The first-order valence-electron chi connectivity index (χ1n) is 20.3. The zero-order valence-electron chi connectivity index (χ0n) is 35.6. The van der Waals surface area contributed by atoms with E-state index in [9.17, 15) is 38.4 Å². The summed E-state index contributed by atoms with van der Waals surface area (Å²) in [6.45, 7) is 19.1. The topological polar surface area (TPSA) is 187 Å². The number of alkyl halides is 3. The molecule has 3 aliphatic rings. The minimum absolute atomic E-state index is 0.103. The van der Waals surface area contributed by atoms with E-state index >= 15 is 0 Å². The molecule has 0 amide bonds. The van der Waals surface area contributed by atoms with Crippen LogP contribution in [0, 0.1) is 23.7 Å². The molecular formula is C40H71F3N2O12. The summed E-state index contributed by atoms with van der Waals surface area (Å²) in [7, 11) is 2.67. The number of rotatable bonds is 11. The molecule has 17 heteroatoms. The Morgan fingerprint density at radius 1 is 1.05 bits per heavy atom. The average Bonchev–Trinajstić information content (AvgIpc) is 3.12. The fourth-order valence-electron chi connectivity index (χ4n) is 8.73. The molecule has 17 atom stereocenters. The zero-order valence-corrected chi connectivity index (χ0v) is 35.6. The highest BCUT2D eigenvalue weighted by molar-refractivity contribution is 5.89. The molecule has 3 rings (SSSR count). The van der Waals surface area contributed by atoms with Crippen molar-refractivity contribution in [2.45, 2.75) is 179 Å². The number of esters is 1. The molecule has 6 N–H and O–H groups in total. The summed E-state index contributed by atoms with van der Waals surface area (Å²) in [5, 5.41) is 51.0. The minimum atomic E-state index is -4.67. The van der Waals surface area contributed by atoms with Gasteiger partial charge in [0.05, 0.1) is 54.4 Å². The van der Waals surface area contributed by atoms with Crippen molar-refractivity contribution in [2.24, 2.45) is 23.7 Å². The monoisotopic (exact) mass is 828 g/mol. The third-order valence-electron chi connectivity index (χ3n) is 12.3. The Balaban J connectivity index is 2.15. The molecule has 0 aliphatic carbocycles. The van der Waals surface area contributed by atoms with Crippen LogP contribution in [0.15, 0.2) is 12.2 Å². The Bertz CT molecular complexity index is 1290. The lowest BCUT2D eigenvalue weighted by Gasteiger charge is -2.48. The molecule has 0 aromatic heterocycles. The standard InChI is InChI=1S/C40H71F3N2O12/c1-13-29-39(10,50)32(47)25(6)45-18-21(2)16-37(8,49)33(57-35-27(15-14-22(3)53-35)20-52-36(44-11)40(41,42)43)23(4)31(24(5)34(48)55-29)56-30-17-38(9,51-12)28(19-46)26(7)54-30/h21-23,25-33,35-36,44-47,49-50H,5,13-20H2,1-4,6-12H3/t21-,22-,23+,25-,26+,27+,28?,29-,30+,31+,32-,33-,35+,36?,37-,38-,39-/m1/s1. The number of hydrogen-bond acceptors (Lipinski definition) is 14. The molecule has 14 nitrogen and oxygen atoms in total. The third-order valence-corrected chi connectivity index (χ3v) is 12.3. The van der Waals surface area contributed by atoms with Crippen molar-refractivity contribution in [3.05, 3.63) is 12.2 Å². The summed E-state index contributed by atoms with van der Waals surface area (Å²) >= 11 is 0. The first kappa shape index (κ1) is 49.9. The Morgan fingerprint density at radius 2 is 1.70 bits per heavy atom. The maximum Gasteiger partial charge on any atom is 0.428 e. The van der Waals surface area contributed by atoms with Crippen molar-refractivity contribution in [1.29, 1.82) is 0 Å².